The Morgan fingerprint density at radius 2 is 2.14 bits per heavy atom. The molecule has 4 nitrogen and oxygen atoms in total. The summed E-state index contributed by atoms with van der Waals surface area (Å²) in [6.07, 6.45) is 4.04. The molecule has 1 aromatic carbocycles. The maximum Gasteiger partial charge on any atom is 0.303 e. The first-order valence-electron chi connectivity index (χ1n) is 7.65. The second-order valence-corrected chi connectivity index (χ2v) is 5.75. The van der Waals surface area contributed by atoms with E-state index in [-0.39, 0.29) is 18.2 Å². The van der Waals surface area contributed by atoms with Gasteiger partial charge in [-0.3, -0.25) is 9.59 Å². The van der Waals surface area contributed by atoms with Gasteiger partial charge in [-0.1, -0.05) is 31.9 Å². The highest BCUT2D eigenvalue weighted by molar-refractivity contribution is 5.93. The molecule has 1 aliphatic heterocycles. The van der Waals surface area contributed by atoms with Crippen LogP contribution in [0.4, 0.5) is 5.69 Å². The number of hydrogen-bond acceptors (Lipinski definition) is 2. The number of carboxylic acid groups (broad SMARTS) is 1. The lowest BCUT2D eigenvalue weighted by Gasteiger charge is -2.18. The molecule has 0 saturated heterocycles. The number of nitrogens with zero attached hydrogens (tertiary/aromatic N) is 1. The van der Waals surface area contributed by atoms with Crippen molar-refractivity contribution in [3.8, 4) is 0 Å². The molecule has 2 rings (SSSR count). The van der Waals surface area contributed by atoms with Gasteiger partial charge in [0.1, 0.15) is 0 Å². The summed E-state index contributed by atoms with van der Waals surface area (Å²) < 4.78 is 0. The molecule has 1 aliphatic rings. The summed E-state index contributed by atoms with van der Waals surface area (Å²) in [5.74, 6) is -0.615. The van der Waals surface area contributed by atoms with Crippen molar-refractivity contribution in [1.82, 2.24) is 0 Å². The van der Waals surface area contributed by atoms with Crippen LogP contribution in [0.15, 0.2) is 18.2 Å². The molecule has 1 aromatic rings. The van der Waals surface area contributed by atoms with Crippen LogP contribution >= 0.6 is 0 Å². The number of rotatable bonds is 6. The van der Waals surface area contributed by atoms with Crippen LogP contribution in [-0.2, 0) is 16.0 Å². The zero-order valence-electron chi connectivity index (χ0n) is 12.8. The molecule has 0 aromatic heterocycles. The summed E-state index contributed by atoms with van der Waals surface area (Å²) in [7, 11) is 0. The standard InChI is InChI=1S/C17H23NO3/c1-3-4-5-13(11-17(20)21)14-6-7-16-15(10-14)8-9-18(16)12(2)19/h6-7,10,13H,3-5,8-9,11H2,1-2H3,(H,20,21)/t13-/m1/s1. The van der Waals surface area contributed by atoms with Gasteiger partial charge in [0.05, 0.1) is 6.42 Å². The van der Waals surface area contributed by atoms with E-state index in [0.717, 1.165) is 49.0 Å². The third kappa shape index (κ3) is 3.63. The lowest BCUT2D eigenvalue weighted by Crippen LogP contribution is -2.25. The lowest BCUT2D eigenvalue weighted by atomic mass is 9.89. The predicted octanol–water partition coefficient (Wildman–Crippen LogP) is 3.34. The van der Waals surface area contributed by atoms with Gasteiger partial charge in [0.15, 0.2) is 0 Å². The van der Waals surface area contributed by atoms with E-state index >= 15 is 0 Å². The summed E-state index contributed by atoms with van der Waals surface area (Å²) in [5.41, 5.74) is 3.24. The van der Waals surface area contributed by atoms with E-state index in [9.17, 15) is 9.59 Å². The molecule has 1 atom stereocenters. The van der Waals surface area contributed by atoms with Crippen molar-refractivity contribution in [3.63, 3.8) is 0 Å². The van der Waals surface area contributed by atoms with Crippen LogP contribution in [0.1, 0.15) is 56.6 Å². The normalized spacial score (nSPS) is 14.9. The van der Waals surface area contributed by atoms with Crippen LogP contribution in [0.5, 0.6) is 0 Å². The fourth-order valence-electron chi connectivity index (χ4n) is 3.05. The Hall–Kier alpha value is -1.84. The molecule has 0 aliphatic carbocycles. The van der Waals surface area contributed by atoms with Crippen LogP contribution in [0.3, 0.4) is 0 Å². The Balaban J connectivity index is 2.23. The number of aliphatic carboxylic acids is 1. The minimum absolute atomic E-state index is 0.0644. The van der Waals surface area contributed by atoms with E-state index in [1.54, 1.807) is 11.8 Å². The average Bonchev–Trinajstić information content (AvgIpc) is 2.86. The van der Waals surface area contributed by atoms with Crippen LogP contribution in [-0.4, -0.2) is 23.5 Å². The molecule has 21 heavy (non-hydrogen) atoms. The number of amides is 1. The van der Waals surface area contributed by atoms with Gasteiger partial charge in [-0.15, -0.1) is 0 Å². The van der Waals surface area contributed by atoms with Gasteiger partial charge >= 0.3 is 5.97 Å². The number of unbranched alkanes of at least 4 members (excludes halogenated alkanes) is 1. The Kier molecular flexibility index (Phi) is 4.99. The maximum atomic E-state index is 11.6. The van der Waals surface area contributed by atoms with Gasteiger partial charge in [-0.05, 0) is 36.0 Å². The molecule has 0 unspecified atom stereocenters. The average molecular weight is 289 g/mol. The number of carbonyl (C=O) groups excluding carboxylic acids is 1. The second kappa shape index (κ2) is 6.74. The van der Waals surface area contributed by atoms with Gasteiger partial charge in [0, 0.05) is 19.2 Å². The van der Waals surface area contributed by atoms with Crippen molar-refractivity contribution in [2.24, 2.45) is 0 Å². The quantitative estimate of drug-likeness (QED) is 0.873. The molecular weight excluding hydrogens is 266 g/mol. The van der Waals surface area contributed by atoms with E-state index in [4.69, 9.17) is 5.11 Å². The van der Waals surface area contributed by atoms with E-state index in [1.807, 2.05) is 12.1 Å². The van der Waals surface area contributed by atoms with E-state index in [1.165, 1.54) is 0 Å². The molecule has 4 heteroatoms. The fourth-order valence-corrected chi connectivity index (χ4v) is 3.05. The first kappa shape index (κ1) is 15.5. The molecule has 1 heterocycles. The summed E-state index contributed by atoms with van der Waals surface area (Å²) >= 11 is 0. The number of benzene rings is 1. The summed E-state index contributed by atoms with van der Waals surface area (Å²) in [6.45, 7) is 4.43. The van der Waals surface area contributed by atoms with Crippen LogP contribution < -0.4 is 4.90 Å². The number of carboxylic acids is 1. The number of fused-ring (bicyclic) bond motifs is 1. The third-order valence-electron chi connectivity index (χ3n) is 4.18. The summed E-state index contributed by atoms with van der Waals surface area (Å²) in [4.78, 5) is 24.4. The van der Waals surface area contributed by atoms with Crippen molar-refractivity contribution >= 4 is 17.6 Å². The third-order valence-corrected chi connectivity index (χ3v) is 4.18. The second-order valence-electron chi connectivity index (χ2n) is 5.75. The summed E-state index contributed by atoms with van der Waals surface area (Å²) in [6, 6.07) is 6.06. The van der Waals surface area contributed by atoms with Crippen molar-refractivity contribution in [2.45, 2.75) is 51.9 Å². The molecule has 0 saturated carbocycles. The van der Waals surface area contributed by atoms with Gasteiger partial charge in [0.2, 0.25) is 5.91 Å². The Morgan fingerprint density at radius 3 is 2.76 bits per heavy atom. The van der Waals surface area contributed by atoms with Crippen LogP contribution in [0.2, 0.25) is 0 Å². The number of carbonyl (C=O) groups is 2. The molecule has 0 spiro atoms. The van der Waals surface area contributed by atoms with E-state index in [0.29, 0.717) is 0 Å². The van der Waals surface area contributed by atoms with E-state index < -0.39 is 5.97 Å². The molecule has 0 fully saturated rings. The number of anilines is 1. The minimum atomic E-state index is -0.748. The van der Waals surface area contributed by atoms with Crippen LogP contribution in [0, 0.1) is 0 Å². The highest BCUT2D eigenvalue weighted by Gasteiger charge is 2.24. The monoisotopic (exact) mass is 289 g/mol. The topological polar surface area (TPSA) is 57.6 Å². The maximum absolute atomic E-state index is 11.6. The van der Waals surface area contributed by atoms with Gasteiger partial charge in [-0.2, -0.15) is 0 Å². The number of hydrogen-bond donors (Lipinski definition) is 1. The molecular formula is C17H23NO3. The Labute approximate surface area is 125 Å². The predicted molar refractivity (Wildman–Crippen MR) is 82.7 cm³/mol. The van der Waals surface area contributed by atoms with E-state index in [2.05, 4.69) is 13.0 Å². The first-order valence-corrected chi connectivity index (χ1v) is 7.65. The zero-order valence-corrected chi connectivity index (χ0v) is 12.8. The van der Waals surface area contributed by atoms with Crippen molar-refractivity contribution in [1.29, 1.82) is 0 Å². The molecule has 1 N–H and O–H groups in total. The lowest BCUT2D eigenvalue weighted by molar-refractivity contribution is -0.137. The minimum Gasteiger partial charge on any atom is -0.481 e. The van der Waals surface area contributed by atoms with Crippen molar-refractivity contribution < 1.29 is 14.7 Å². The van der Waals surface area contributed by atoms with Crippen molar-refractivity contribution in [2.75, 3.05) is 11.4 Å². The zero-order chi connectivity index (χ0) is 15.4. The fraction of sp³-hybridized carbons (Fsp3) is 0.529. The van der Waals surface area contributed by atoms with Gasteiger partial charge in [-0.25, -0.2) is 0 Å². The highest BCUT2D eigenvalue weighted by Crippen LogP contribution is 2.33. The smallest absolute Gasteiger partial charge is 0.303 e. The molecule has 114 valence electrons. The highest BCUT2D eigenvalue weighted by atomic mass is 16.4. The molecule has 0 bridgehead atoms. The Bertz CT molecular complexity index is 539. The van der Waals surface area contributed by atoms with Gasteiger partial charge in [0.25, 0.3) is 0 Å². The SMILES string of the molecule is CCCC[C@H](CC(=O)O)c1ccc2c(c1)CCN2C(C)=O. The van der Waals surface area contributed by atoms with Crippen LogP contribution in [0.25, 0.3) is 0 Å². The largest absolute Gasteiger partial charge is 0.481 e. The van der Waals surface area contributed by atoms with Gasteiger partial charge < -0.3 is 10.0 Å². The van der Waals surface area contributed by atoms with Crippen molar-refractivity contribution in [3.05, 3.63) is 29.3 Å². The first-order chi connectivity index (χ1) is 10.0. The summed E-state index contributed by atoms with van der Waals surface area (Å²) in [5, 5.41) is 9.10. The molecule has 1 amide bonds. The molecule has 0 radical (unpaired) electrons. The Morgan fingerprint density at radius 1 is 1.38 bits per heavy atom.